The largest absolute Gasteiger partial charge is 0.164 e. The molecule has 5 heavy (non-hydrogen) atoms. The van der Waals surface area contributed by atoms with Crippen molar-refractivity contribution in [3.63, 3.8) is 0 Å². The van der Waals surface area contributed by atoms with Crippen molar-refractivity contribution < 1.29 is 0 Å². The smallest absolute Gasteiger partial charge is 0.00158 e. The lowest BCUT2D eigenvalue weighted by atomic mass is 11.0. The minimum atomic E-state index is -0.444. The molecule has 1 saturated heterocycles. The van der Waals surface area contributed by atoms with Crippen molar-refractivity contribution in [1.82, 2.24) is 0 Å². The van der Waals surface area contributed by atoms with E-state index in [1.54, 1.807) is 0 Å². The first-order valence-corrected chi connectivity index (χ1v) is 4.85. The van der Waals surface area contributed by atoms with Crippen molar-refractivity contribution >= 4 is 19.9 Å². The monoisotopic (exact) mass is 110 g/mol. The van der Waals surface area contributed by atoms with Crippen LogP contribution in [0.3, 0.4) is 0 Å². The molecule has 0 bridgehead atoms. The van der Waals surface area contributed by atoms with Gasteiger partial charge < -0.3 is 0 Å². The first-order valence-electron chi connectivity index (χ1n) is 1.64. The summed E-state index contributed by atoms with van der Waals surface area (Å²) in [5, 5.41) is 0. The van der Waals surface area contributed by atoms with Gasteiger partial charge in [0.05, 0.1) is 0 Å². The molecule has 0 aromatic carbocycles. The van der Waals surface area contributed by atoms with Crippen LogP contribution in [0.1, 0.15) is 0 Å². The van der Waals surface area contributed by atoms with E-state index in [-0.39, 0.29) is 0 Å². The molecule has 0 aromatic heterocycles. The fourth-order valence-corrected chi connectivity index (χ4v) is 1.60. The summed E-state index contributed by atoms with van der Waals surface area (Å²) < 4.78 is 0. The van der Waals surface area contributed by atoms with Crippen molar-refractivity contribution in [2.75, 3.05) is 17.8 Å². The molecule has 0 aromatic rings. The summed E-state index contributed by atoms with van der Waals surface area (Å²) in [6, 6.07) is 0. The summed E-state index contributed by atoms with van der Waals surface area (Å²) in [5.74, 6) is 2.60. The van der Waals surface area contributed by atoms with Crippen LogP contribution in [-0.2, 0) is 0 Å². The van der Waals surface area contributed by atoms with Crippen molar-refractivity contribution in [1.29, 1.82) is 0 Å². The Morgan fingerprint density at radius 1 is 1.60 bits per heavy atom. The highest BCUT2D eigenvalue weighted by molar-refractivity contribution is 8.55. The average Bonchev–Trinajstić information content (AvgIpc) is 1.76. The topological polar surface area (TPSA) is 0 Å². The molecule has 0 aliphatic carbocycles. The maximum absolute atomic E-state index is 5.72. The second kappa shape index (κ2) is 0.824. The van der Waals surface area contributed by atoms with Crippen LogP contribution in [0.25, 0.3) is 0 Å². The lowest BCUT2D eigenvalue weighted by molar-refractivity contribution is 1.75. The summed E-state index contributed by atoms with van der Waals surface area (Å²) in [7, 11) is 5.28. The molecule has 1 aliphatic rings. The van der Waals surface area contributed by atoms with Crippen LogP contribution in [0.4, 0.5) is 0 Å². The second-order valence-electron chi connectivity index (χ2n) is 1.56. The molecule has 0 amide bonds. The number of halogens is 1. The molecule has 1 rings (SSSR count). The van der Waals surface area contributed by atoms with Crippen LogP contribution in [0.5, 0.6) is 0 Å². The molecule has 1 heterocycles. The van der Waals surface area contributed by atoms with Gasteiger partial charge >= 0.3 is 0 Å². The van der Waals surface area contributed by atoms with Gasteiger partial charge in [0.2, 0.25) is 0 Å². The molecule has 0 atom stereocenters. The highest BCUT2D eigenvalue weighted by Gasteiger charge is 2.27. The van der Waals surface area contributed by atoms with Gasteiger partial charge in [-0.1, -0.05) is 10.7 Å². The van der Waals surface area contributed by atoms with Gasteiger partial charge in [0.15, 0.2) is 0 Å². The molecule has 0 saturated carbocycles. The van der Waals surface area contributed by atoms with E-state index in [0.717, 1.165) is 0 Å². The van der Waals surface area contributed by atoms with Gasteiger partial charge in [0, 0.05) is 0 Å². The number of rotatable bonds is 0. The maximum Gasteiger partial charge on any atom is -0.00158 e. The van der Waals surface area contributed by atoms with Crippen molar-refractivity contribution in [2.45, 2.75) is 0 Å². The zero-order chi connectivity index (χ0) is 3.91. The van der Waals surface area contributed by atoms with Gasteiger partial charge in [0.25, 0.3) is 0 Å². The minimum absolute atomic E-state index is 0.444. The number of hydrogen-bond acceptors (Lipinski definition) is 0. The van der Waals surface area contributed by atoms with Crippen LogP contribution in [0, 0.1) is 0 Å². The second-order valence-corrected chi connectivity index (χ2v) is 6.92. The summed E-state index contributed by atoms with van der Waals surface area (Å²) in [4.78, 5) is 0. The van der Waals surface area contributed by atoms with E-state index >= 15 is 0 Å². The van der Waals surface area contributed by atoms with Gasteiger partial charge in [0.1, 0.15) is 0 Å². The zero-order valence-electron chi connectivity index (χ0n) is 3.20. The molecular weight excluding hydrogens is 104 g/mol. The Bertz CT molecular complexity index is 44.9. The Kier molecular flexibility index (Phi) is 0.629. The standard InChI is InChI=1S/C3H7ClS/c1-5(4)2-3-5/h2-3H2,1H3. The number of hydrogen-bond donors (Lipinski definition) is 0. The zero-order valence-corrected chi connectivity index (χ0v) is 4.77. The van der Waals surface area contributed by atoms with E-state index in [0.29, 0.717) is 0 Å². The summed E-state index contributed by atoms with van der Waals surface area (Å²) in [5.41, 5.74) is 0. The van der Waals surface area contributed by atoms with Gasteiger partial charge in [-0.25, -0.2) is 0 Å². The normalized spacial score (nSPS) is 36.4. The van der Waals surface area contributed by atoms with E-state index in [4.69, 9.17) is 10.7 Å². The Hall–Kier alpha value is 0.640. The quantitative estimate of drug-likeness (QED) is 0.416. The van der Waals surface area contributed by atoms with Crippen molar-refractivity contribution in [3.8, 4) is 0 Å². The highest BCUT2D eigenvalue weighted by atomic mass is 35.7. The van der Waals surface area contributed by atoms with Crippen LogP contribution >= 0.6 is 19.9 Å². The van der Waals surface area contributed by atoms with Crippen LogP contribution in [0.2, 0.25) is 0 Å². The van der Waals surface area contributed by atoms with E-state index in [2.05, 4.69) is 6.26 Å². The lowest BCUT2D eigenvalue weighted by Gasteiger charge is -1.92. The highest BCUT2D eigenvalue weighted by Crippen LogP contribution is 2.62. The van der Waals surface area contributed by atoms with Gasteiger partial charge in [-0.05, 0) is 17.8 Å². The first kappa shape index (κ1) is 3.82. The predicted molar refractivity (Wildman–Crippen MR) is 29.1 cm³/mol. The van der Waals surface area contributed by atoms with E-state index in [1.165, 1.54) is 11.5 Å². The van der Waals surface area contributed by atoms with Gasteiger partial charge in [-0.15, -0.1) is 0 Å². The van der Waals surface area contributed by atoms with Crippen LogP contribution < -0.4 is 0 Å². The third-order valence-corrected chi connectivity index (χ3v) is 3.23. The van der Waals surface area contributed by atoms with Crippen LogP contribution in [0.15, 0.2) is 0 Å². The molecule has 32 valence electrons. The third kappa shape index (κ3) is 1.02. The van der Waals surface area contributed by atoms with Gasteiger partial charge in [-0.2, -0.15) is 9.24 Å². The molecular formula is C3H7ClS. The van der Waals surface area contributed by atoms with E-state index in [1.807, 2.05) is 0 Å². The third-order valence-electron chi connectivity index (χ3n) is 0.767. The summed E-state index contributed by atoms with van der Waals surface area (Å²) in [6.07, 6.45) is 2.15. The molecule has 0 N–H and O–H groups in total. The van der Waals surface area contributed by atoms with Crippen molar-refractivity contribution in [2.24, 2.45) is 0 Å². The molecule has 0 unspecified atom stereocenters. The molecule has 2 heteroatoms. The maximum atomic E-state index is 5.72. The Labute approximate surface area is 38.3 Å². The predicted octanol–water partition coefficient (Wildman–Crippen LogP) is 1.59. The minimum Gasteiger partial charge on any atom is -0.164 e. The van der Waals surface area contributed by atoms with Crippen LogP contribution in [-0.4, -0.2) is 17.8 Å². The molecule has 1 aliphatic heterocycles. The first-order chi connectivity index (χ1) is 2.21. The summed E-state index contributed by atoms with van der Waals surface area (Å²) >= 11 is 0. The van der Waals surface area contributed by atoms with E-state index in [9.17, 15) is 0 Å². The van der Waals surface area contributed by atoms with E-state index < -0.39 is 9.24 Å². The fourth-order valence-electron chi connectivity index (χ4n) is 0.115. The SMILES string of the molecule is CS1(Cl)CC1. The average molecular weight is 111 g/mol. The lowest BCUT2D eigenvalue weighted by Crippen LogP contribution is -1.48. The molecule has 0 spiro atoms. The summed E-state index contributed by atoms with van der Waals surface area (Å²) in [6.45, 7) is 0. The molecule has 0 radical (unpaired) electrons. The fraction of sp³-hybridized carbons (Fsp3) is 1.00. The molecule has 1 fully saturated rings. The Morgan fingerprint density at radius 2 is 1.80 bits per heavy atom. The Balaban J connectivity index is 2.38. The van der Waals surface area contributed by atoms with Crippen molar-refractivity contribution in [3.05, 3.63) is 0 Å². The molecule has 0 nitrogen and oxygen atoms in total. The Morgan fingerprint density at radius 3 is 1.80 bits per heavy atom. The van der Waals surface area contributed by atoms with Gasteiger partial charge in [-0.3, -0.25) is 0 Å².